The van der Waals surface area contributed by atoms with Crippen molar-refractivity contribution in [3.05, 3.63) is 28.7 Å². The van der Waals surface area contributed by atoms with E-state index >= 15 is 0 Å². The van der Waals surface area contributed by atoms with Gasteiger partial charge in [-0.15, -0.1) is 0 Å². The molecule has 2 aromatic rings. The third-order valence-electron chi connectivity index (χ3n) is 2.69. The average Bonchev–Trinajstić information content (AvgIpc) is 2.69. The molecule has 0 aliphatic heterocycles. The SMILES string of the molecule is COc1cccc2[se]cc(CCN(C)C)c12. The number of hydrogen-bond acceptors (Lipinski definition) is 2. The quantitative estimate of drug-likeness (QED) is 0.795. The van der Waals surface area contributed by atoms with Crippen molar-refractivity contribution in [2.75, 3.05) is 27.7 Å². The number of methoxy groups -OCH3 is 1. The Morgan fingerprint density at radius 1 is 1.31 bits per heavy atom. The van der Waals surface area contributed by atoms with Crippen molar-refractivity contribution in [1.29, 1.82) is 0 Å². The van der Waals surface area contributed by atoms with Gasteiger partial charge >= 0.3 is 102 Å². The molecule has 0 aliphatic rings. The van der Waals surface area contributed by atoms with Gasteiger partial charge in [0.15, 0.2) is 0 Å². The summed E-state index contributed by atoms with van der Waals surface area (Å²) in [7, 11) is 5.98. The summed E-state index contributed by atoms with van der Waals surface area (Å²) in [6.07, 6.45) is 1.11. The second kappa shape index (κ2) is 5.05. The van der Waals surface area contributed by atoms with E-state index in [-0.39, 0.29) is 0 Å². The number of nitrogens with zero attached hydrogens (tertiary/aromatic N) is 1. The van der Waals surface area contributed by atoms with E-state index in [9.17, 15) is 0 Å². The molecular formula is C13H17NOSe. The first kappa shape index (κ1) is 11.7. The fourth-order valence-corrected chi connectivity index (χ4v) is 3.94. The molecule has 3 heteroatoms. The van der Waals surface area contributed by atoms with Crippen molar-refractivity contribution in [3.8, 4) is 5.75 Å². The van der Waals surface area contributed by atoms with E-state index in [1.54, 1.807) is 7.11 Å². The molecule has 0 saturated heterocycles. The van der Waals surface area contributed by atoms with Crippen LogP contribution in [0.25, 0.3) is 9.65 Å². The van der Waals surface area contributed by atoms with Crippen molar-refractivity contribution >= 4 is 24.1 Å². The van der Waals surface area contributed by atoms with E-state index in [1.807, 2.05) is 0 Å². The van der Waals surface area contributed by atoms with E-state index < -0.39 is 0 Å². The Balaban J connectivity index is 2.38. The number of benzene rings is 1. The fourth-order valence-electron chi connectivity index (χ4n) is 1.82. The van der Waals surface area contributed by atoms with Crippen molar-refractivity contribution < 1.29 is 4.74 Å². The van der Waals surface area contributed by atoms with Gasteiger partial charge in [-0.3, -0.25) is 0 Å². The van der Waals surface area contributed by atoms with Crippen LogP contribution >= 0.6 is 0 Å². The Kier molecular flexibility index (Phi) is 3.70. The number of hydrogen-bond donors (Lipinski definition) is 0. The van der Waals surface area contributed by atoms with E-state index in [2.05, 4.69) is 42.1 Å². The zero-order valence-electron chi connectivity index (χ0n) is 9.99. The molecule has 0 N–H and O–H groups in total. The predicted molar refractivity (Wildman–Crippen MR) is 69.7 cm³/mol. The van der Waals surface area contributed by atoms with Crippen LogP contribution in [0.2, 0.25) is 0 Å². The summed E-state index contributed by atoms with van der Waals surface area (Å²) < 4.78 is 6.91. The first-order valence-corrected chi connectivity index (χ1v) is 7.24. The zero-order chi connectivity index (χ0) is 11.5. The summed E-state index contributed by atoms with van der Waals surface area (Å²) in [5.74, 6) is 1.03. The van der Waals surface area contributed by atoms with E-state index in [0.29, 0.717) is 14.5 Å². The molecular weight excluding hydrogens is 265 g/mol. The Morgan fingerprint density at radius 2 is 2.12 bits per heavy atom. The van der Waals surface area contributed by atoms with Gasteiger partial charge in [0.2, 0.25) is 0 Å². The number of fused-ring (bicyclic) bond motifs is 1. The first-order chi connectivity index (χ1) is 7.72. The van der Waals surface area contributed by atoms with E-state index in [4.69, 9.17) is 4.74 Å². The Morgan fingerprint density at radius 3 is 2.81 bits per heavy atom. The summed E-state index contributed by atoms with van der Waals surface area (Å²) in [4.78, 5) is 4.62. The molecule has 0 radical (unpaired) electrons. The minimum absolute atomic E-state index is 0.492. The van der Waals surface area contributed by atoms with Crippen molar-refractivity contribution in [1.82, 2.24) is 4.90 Å². The van der Waals surface area contributed by atoms with Gasteiger partial charge < -0.3 is 0 Å². The maximum absolute atomic E-state index is 5.45. The third kappa shape index (κ3) is 2.32. The van der Waals surface area contributed by atoms with Crippen LogP contribution in [0.3, 0.4) is 0 Å². The standard InChI is InChI=1S/C13H17NOSe/c1-14(2)8-7-10-9-16-12-6-4-5-11(15-3)13(10)12/h4-6,9H,7-8H2,1-3H3. The molecule has 86 valence electrons. The van der Waals surface area contributed by atoms with Crippen LogP contribution in [0.4, 0.5) is 0 Å². The second-order valence-electron chi connectivity index (χ2n) is 4.15. The molecule has 0 bridgehead atoms. The normalized spacial score (nSPS) is 11.2. The summed E-state index contributed by atoms with van der Waals surface area (Å²) in [5.41, 5.74) is 1.46. The predicted octanol–water partition coefficient (Wildman–Crippen LogP) is 2.01. The Hall–Kier alpha value is -0.761. The summed E-state index contributed by atoms with van der Waals surface area (Å²) in [5, 5.41) is 1.35. The molecule has 0 amide bonds. The van der Waals surface area contributed by atoms with Crippen LogP contribution in [0, 0.1) is 0 Å². The van der Waals surface area contributed by atoms with Gasteiger partial charge in [-0.1, -0.05) is 0 Å². The van der Waals surface area contributed by atoms with Crippen molar-refractivity contribution in [2.45, 2.75) is 6.42 Å². The number of ether oxygens (including phenoxy) is 1. The number of rotatable bonds is 4. The van der Waals surface area contributed by atoms with E-state index in [1.165, 1.54) is 15.2 Å². The van der Waals surface area contributed by atoms with Crippen LogP contribution in [-0.2, 0) is 6.42 Å². The molecule has 1 heterocycles. The molecule has 0 unspecified atom stereocenters. The van der Waals surface area contributed by atoms with E-state index in [0.717, 1.165) is 18.7 Å². The van der Waals surface area contributed by atoms with Crippen molar-refractivity contribution in [2.24, 2.45) is 0 Å². The van der Waals surface area contributed by atoms with Crippen LogP contribution < -0.4 is 4.74 Å². The fraction of sp³-hybridized carbons (Fsp3) is 0.385. The van der Waals surface area contributed by atoms with Gasteiger partial charge in [0.25, 0.3) is 0 Å². The molecule has 2 nitrogen and oxygen atoms in total. The molecule has 1 aromatic heterocycles. The van der Waals surface area contributed by atoms with Gasteiger partial charge in [0.1, 0.15) is 0 Å². The van der Waals surface area contributed by atoms with Gasteiger partial charge in [0, 0.05) is 0 Å². The van der Waals surface area contributed by atoms with Gasteiger partial charge in [0.05, 0.1) is 0 Å². The Bertz CT molecular complexity index is 476. The summed E-state index contributed by atoms with van der Waals surface area (Å²) in [6, 6.07) is 6.36. The first-order valence-electron chi connectivity index (χ1n) is 5.40. The minimum atomic E-state index is 0.492. The van der Waals surface area contributed by atoms with Crippen LogP contribution in [0.5, 0.6) is 5.75 Å². The van der Waals surface area contributed by atoms with Crippen molar-refractivity contribution in [3.63, 3.8) is 0 Å². The molecule has 0 aliphatic carbocycles. The number of likely N-dealkylation sites (N-methyl/N-ethyl adjacent to an activating group) is 1. The van der Waals surface area contributed by atoms with Crippen LogP contribution in [0.15, 0.2) is 23.1 Å². The third-order valence-corrected chi connectivity index (χ3v) is 4.78. The monoisotopic (exact) mass is 283 g/mol. The molecule has 2 rings (SSSR count). The average molecular weight is 282 g/mol. The van der Waals surface area contributed by atoms with Gasteiger partial charge in [-0.25, -0.2) is 0 Å². The maximum atomic E-state index is 5.45. The molecule has 1 aromatic carbocycles. The Labute approximate surface area is 103 Å². The van der Waals surface area contributed by atoms with Gasteiger partial charge in [-0.05, 0) is 0 Å². The van der Waals surface area contributed by atoms with Crippen LogP contribution in [0.1, 0.15) is 5.56 Å². The summed E-state index contributed by atoms with van der Waals surface area (Å²) >= 11 is 0.492. The zero-order valence-corrected chi connectivity index (χ0v) is 11.7. The van der Waals surface area contributed by atoms with Gasteiger partial charge in [-0.2, -0.15) is 0 Å². The molecule has 0 saturated carbocycles. The molecule has 0 fully saturated rings. The molecule has 0 atom stereocenters. The molecule has 0 spiro atoms. The topological polar surface area (TPSA) is 12.5 Å². The second-order valence-corrected chi connectivity index (χ2v) is 6.06. The molecule has 16 heavy (non-hydrogen) atoms. The summed E-state index contributed by atoms with van der Waals surface area (Å²) in [6.45, 7) is 1.10. The van der Waals surface area contributed by atoms with Crippen LogP contribution in [-0.4, -0.2) is 47.2 Å².